The first-order chi connectivity index (χ1) is 19.0. The van der Waals surface area contributed by atoms with Gasteiger partial charge in [0.05, 0.1) is 40.2 Å². The van der Waals surface area contributed by atoms with Gasteiger partial charge in [0.15, 0.2) is 0 Å². The molecule has 1 atom stereocenters. The van der Waals surface area contributed by atoms with E-state index in [-0.39, 0.29) is 28.3 Å². The van der Waals surface area contributed by atoms with Crippen molar-refractivity contribution in [1.82, 2.24) is 25.6 Å². The molecule has 0 bridgehead atoms. The summed E-state index contributed by atoms with van der Waals surface area (Å²) in [5, 5.41) is 18.3. The maximum atomic E-state index is 12.8. The lowest BCUT2D eigenvalue weighted by atomic mass is 10.1. The van der Waals surface area contributed by atoms with Crippen LogP contribution in [0.2, 0.25) is 5.02 Å². The average Bonchev–Trinajstić information content (AvgIpc) is 3.66. The van der Waals surface area contributed by atoms with Crippen LogP contribution in [0.15, 0.2) is 78.6 Å². The van der Waals surface area contributed by atoms with Crippen LogP contribution < -0.4 is 10.6 Å². The number of hydrogen-bond donors (Lipinski definition) is 4. The van der Waals surface area contributed by atoms with E-state index < -0.39 is 5.91 Å². The van der Waals surface area contributed by atoms with Gasteiger partial charge in [0.1, 0.15) is 16.5 Å². The number of carbonyl (C=O) groups excluding carboxylic acids is 2. The van der Waals surface area contributed by atoms with E-state index in [1.54, 1.807) is 24.0 Å². The predicted molar refractivity (Wildman–Crippen MR) is 153 cm³/mol. The Balaban J connectivity index is 1.25. The van der Waals surface area contributed by atoms with Gasteiger partial charge in [-0.25, -0.2) is 4.98 Å². The number of nitrogens with zero attached hydrogens (tertiary/aromatic N) is 2. The van der Waals surface area contributed by atoms with Crippen LogP contribution in [0, 0.1) is 0 Å². The van der Waals surface area contributed by atoms with E-state index in [0.717, 1.165) is 22.0 Å². The van der Waals surface area contributed by atoms with Crippen LogP contribution in [0.3, 0.4) is 0 Å². The summed E-state index contributed by atoms with van der Waals surface area (Å²) in [6, 6.07) is 18.7. The normalized spacial score (nSPS) is 11.8. The number of phenols is 1. The van der Waals surface area contributed by atoms with Gasteiger partial charge in [-0.2, -0.15) is 0 Å². The number of phenolic OH excluding ortho intramolecular Hbond substituents is 1. The maximum Gasteiger partial charge on any atom is 0.263 e. The third-order valence-corrected chi connectivity index (χ3v) is 7.46. The number of aromatic amines is 1. The number of rotatable bonds is 10. The molecular formula is C29H26ClN5O3S. The van der Waals surface area contributed by atoms with E-state index in [4.69, 9.17) is 11.6 Å². The van der Waals surface area contributed by atoms with Gasteiger partial charge in [0.2, 0.25) is 0 Å². The third-order valence-electron chi connectivity index (χ3n) is 6.38. The zero-order valence-corrected chi connectivity index (χ0v) is 22.4. The zero-order chi connectivity index (χ0) is 27.2. The Bertz CT molecular complexity index is 1600. The smallest absolute Gasteiger partial charge is 0.263 e. The molecule has 2 aromatic heterocycles. The Kier molecular flexibility index (Phi) is 8.19. The van der Waals surface area contributed by atoms with Gasteiger partial charge in [0.25, 0.3) is 11.8 Å². The standard InChI is InChI=1S/C29H26ClN5O3S/c30-22-9-5-8-21(26(22)36)28(37)32-13-4-3-10-23(35-29(38)25-16-31-17-39-25)27-33-15-24(34-27)20-12-11-18-6-1-2-7-19(18)14-20/h1-2,5-9,11-12,14-17,23,36H,3-4,10,13H2,(H,32,37)(H,33,34)(H,35,38)/t23-/m0/s1. The molecule has 2 amide bonds. The minimum absolute atomic E-state index is 0.128. The number of aromatic hydroxyl groups is 1. The summed E-state index contributed by atoms with van der Waals surface area (Å²) in [4.78, 5) is 37.8. The highest BCUT2D eigenvalue weighted by molar-refractivity contribution is 7.11. The van der Waals surface area contributed by atoms with Crippen molar-refractivity contribution >= 4 is 45.5 Å². The summed E-state index contributed by atoms with van der Waals surface area (Å²) in [6.07, 6.45) is 5.30. The molecule has 0 saturated carbocycles. The van der Waals surface area contributed by atoms with E-state index in [1.807, 2.05) is 18.2 Å². The van der Waals surface area contributed by atoms with E-state index >= 15 is 0 Å². The van der Waals surface area contributed by atoms with Gasteiger partial charge >= 0.3 is 0 Å². The minimum Gasteiger partial charge on any atom is -0.506 e. The molecule has 3 aromatic carbocycles. The van der Waals surface area contributed by atoms with Crippen molar-refractivity contribution in [1.29, 1.82) is 0 Å². The largest absolute Gasteiger partial charge is 0.506 e. The summed E-state index contributed by atoms with van der Waals surface area (Å²) in [6.45, 7) is 0.404. The third kappa shape index (κ3) is 6.27. The molecule has 2 heterocycles. The number of fused-ring (bicyclic) bond motifs is 1. The van der Waals surface area contributed by atoms with Crippen LogP contribution in [-0.2, 0) is 0 Å². The Hall–Kier alpha value is -4.21. The fourth-order valence-electron chi connectivity index (χ4n) is 4.32. The average molecular weight is 560 g/mol. The number of unbranched alkanes of at least 4 members (excludes halogenated alkanes) is 1. The summed E-state index contributed by atoms with van der Waals surface area (Å²) in [5.74, 6) is -0.182. The molecule has 0 unspecified atom stereocenters. The molecule has 0 aliphatic heterocycles. The molecule has 198 valence electrons. The van der Waals surface area contributed by atoms with Crippen molar-refractivity contribution in [2.75, 3.05) is 6.54 Å². The number of thiazole rings is 1. The van der Waals surface area contributed by atoms with E-state index in [1.165, 1.54) is 23.5 Å². The fraction of sp³-hybridized carbons (Fsp3) is 0.172. The molecule has 4 N–H and O–H groups in total. The van der Waals surface area contributed by atoms with Crippen LogP contribution in [0.4, 0.5) is 0 Å². The van der Waals surface area contributed by atoms with Crippen molar-refractivity contribution in [2.24, 2.45) is 0 Å². The van der Waals surface area contributed by atoms with Crippen molar-refractivity contribution in [3.63, 3.8) is 0 Å². The van der Waals surface area contributed by atoms with Gasteiger partial charge in [-0.05, 0) is 48.2 Å². The number of amides is 2. The number of imidazole rings is 1. The fourth-order valence-corrected chi connectivity index (χ4v) is 5.02. The molecule has 0 aliphatic carbocycles. The van der Waals surface area contributed by atoms with Crippen LogP contribution in [0.1, 0.15) is 51.2 Å². The molecule has 0 saturated heterocycles. The van der Waals surface area contributed by atoms with Crippen LogP contribution >= 0.6 is 22.9 Å². The van der Waals surface area contributed by atoms with Crippen molar-refractivity contribution in [2.45, 2.75) is 25.3 Å². The molecule has 5 aromatic rings. The molecular weight excluding hydrogens is 534 g/mol. The van der Waals surface area contributed by atoms with Crippen molar-refractivity contribution in [3.8, 4) is 17.0 Å². The topological polar surface area (TPSA) is 120 Å². The predicted octanol–water partition coefficient (Wildman–Crippen LogP) is 6.12. The first-order valence-electron chi connectivity index (χ1n) is 12.5. The molecule has 0 aliphatic rings. The second kappa shape index (κ2) is 12.1. The number of aromatic nitrogens is 3. The van der Waals surface area contributed by atoms with Gasteiger partial charge in [0, 0.05) is 12.1 Å². The molecule has 0 fully saturated rings. The lowest BCUT2D eigenvalue weighted by Gasteiger charge is -2.16. The summed E-state index contributed by atoms with van der Waals surface area (Å²) >= 11 is 7.18. The molecule has 0 radical (unpaired) electrons. The van der Waals surface area contributed by atoms with Crippen molar-refractivity contribution < 1.29 is 14.7 Å². The molecule has 5 rings (SSSR count). The highest BCUT2D eigenvalue weighted by atomic mass is 35.5. The van der Waals surface area contributed by atoms with E-state index in [2.05, 4.69) is 49.9 Å². The SMILES string of the molecule is O=C(N[C@@H](CCCCNC(=O)c1cccc(Cl)c1O)c1ncc(-c2ccc3ccccc3c2)[nH]1)c1cncs1. The monoisotopic (exact) mass is 559 g/mol. The minimum atomic E-state index is -0.392. The number of hydrogen-bond acceptors (Lipinski definition) is 6. The lowest BCUT2D eigenvalue weighted by Crippen LogP contribution is -2.29. The van der Waals surface area contributed by atoms with Gasteiger partial charge < -0.3 is 20.7 Å². The molecule has 39 heavy (non-hydrogen) atoms. The molecule has 8 nitrogen and oxygen atoms in total. The van der Waals surface area contributed by atoms with Crippen LogP contribution in [-0.4, -0.2) is 38.4 Å². The Labute approximate surface area is 234 Å². The number of halogens is 1. The van der Waals surface area contributed by atoms with Crippen LogP contribution in [0.25, 0.3) is 22.0 Å². The molecule has 0 spiro atoms. The zero-order valence-electron chi connectivity index (χ0n) is 20.9. The second-order valence-corrected chi connectivity index (χ2v) is 10.3. The molecule has 10 heteroatoms. The van der Waals surface area contributed by atoms with Gasteiger partial charge in [-0.15, -0.1) is 11.3 Å². The summed E-state index contributed by atoms with van der Waals surface area (Å²) in [5.41, 5.74) is 3.62. The Morgan fingerprint density at radius 2 is 1.85 bits per heavy atom. The number of nitrogens with one attached hydrogen (secondary N) is 3. The van der Waals surface area contributed by atoms with Crippen molar-refractivity contribution in [3.05, 3.63) is 99.9 Å². The number of para-hydroxylation sites is 1. The Morgan fingerprint density at radius 1 is 1.00 bits per heavy atom. The summed E-state index contributed by atoms with van der Waals surface area (Å²) < 4.78 is 0. The second-order valence-electron chi connectivity index (χ2n) is 9.02. The van der Waals surface area contributed by atoms with Gasteiger partial charge in [-0.1, -0.05) is 54.1 Å². The quantitative estimate of drug-likeness (QED) is 0.154. The Morgan fingerprint density at radius 3 is 2.67 bits per heavy atom. The number of carbonyl (C=O) groups is 2. The van der Waals surface area contributed by atoms with E-state index in [9.17, 15) is 14.7 Å². The van der Waals surface area contributed by atoms with Crippen LogP contribution in [0.5, 0.6) is 5.75 Å². The summed E-state index contributed by atoms with van der Waals surface area (Å²) in [7, 11) is 0. The number of H-pyrrole nitrogens is 1. The first-order valence-corrected chi connectivity index (χ1v) is 13.7. The first kappa shape index (κ1) is 26.4. The highest BCUT2D eigenvalue weighted by Gasteiger charge is 2.20. The van der Waals surface area contributed by atoms with Gasteiger partial charge in [-0.3, -0.25) is 14.6 Å². The highest BCUT2D eigenvalue weighted by Crippen LogP contribution is 2.27. The lowest BCUT2D eigenvalue weighted by molar-refractivity contribution is 0.0935. The van der Waals surface area contributed by atoms with E-state index in [0.29, 0.717) is 36.5 Å². The number of benzene rings is 3. The maximum absolute atomic E-state index is 12.8.